The van der Waals surface area contributed by atoms with Crippen LogP contribution < -0.4 is 10.6 Å². The molecule has 0 saturated heterocycles. The first-order valence-electron chi connectivity index (χ1n) is 8.14. The average Bonchev–Trinajstić information content (AvgIpc) is 3.34. The lowest BCUT2D eigenvalue weighted by Crippen LogP contribution is -2.29. The molecule has 28 heavy (non-hydrogen) atoms. The number of carbonyl (C=O) groups is 1. The third kappa shape index (κ3) is 5.02. The minimum Gasteiger partial charge on any atom is -0.368 e. The molecule has 13 heteroatoms. The third-order valence-corrected chi connectivity index (χ3v) is 3.51. The second-order valence-electron chi connectivity index (χ2n) is 5.52. The predicted molar refractivity (Wildman–Crippen MR) is 88.7 cm³/mol. The molecule has 1 amide bonds. The summed E-state index contributed by atoms with van der Waals surface area (Å²) in [4.78, 5) is 23.5. The van der Waals surface area contributed by atoms with E-state index in [0.29, 0.717) is 5.82 Å². The number of alkyl halides is 3. The van der Waals surface area contributed by atoms with Crippen molar-refractivity contribution in [2.75, 3.05) is 18.4 Å². The van der Waals surface area contributed by atoms with Crippen molar-refractivity contribution in [1.82, 2.24) is 35.6 Å². The summed E-state index contributed by atoms with van der Waals surface area (Å²) in [6, 6.07) is 2.15. The van der Waals surface area contributed by atoms with Gasteiger partial charge in [-0.05, 0) is 12.1 Å². The highest BCUT2D eigenvalue weighted by Gasteiger charge is 2.33. The molecule has 3 N–H and O–H groups in total. The third-order valence-electron chi connectivity index (χ3n) is 3.51. The molecule has 3 aromatic rings. The second-order valence-corrected chi connectivity index (χ2v) is 5.52. The molecule has 0 aliphatic heterocycles. The number of anilines is 1. The van der Waals surface area contributed by atoms with E-state index in [4.69, 9.17) is 4.52 Å². The smallest absolute Gasteiger partial charge is 0.368 e. The number of halogens is 3. The van der Waals surface area contributed by atoms with Gasteiger partial charge in [-0.25, -0.2) is 9.97 Å². The molecule has 3 rings (SSSR count). The summed E-state index contributed by atoms with van der Waals surface area (Å²) in [5.74, 6) is 0.238. The summed E-state index contributed by atoms with van der Waals surface area (Å²) < 4.78 is 43.6. The molecule has 0 fully saturated rings. The Bertz CT molecular complexity index is 910. The monoisotopic (exact) mass is 396 g/mol. The van der Waals surface area contributed by atoms with E-state index in [-0.39, 0.29) is 49.4 Å². The zero-order chi connectivity index (χ0) is 20.0. The molecule has 0 spiro atoms. The quantitative estimate of drug-likeness (QED) is 0.487. The van der Waals surface area contributed by atoms with Gasteiger partial charge in [0, 0.05) is 32.1 Å². The molecule has 0 saturated carbocycles. The Balaban J connectivity index is 1.40. The van der Waals surface area contributed by atoms with E-state index < -0.39 is 11.7 Å². The molecule has 0 radical (unpaired) electrons. The topological polar surface area (TPSA) is 135 Å². The molecule has 3 aromatic heterocycles. The Morgan fingerprint density at radius 2 is 2.11 bits per heavy atom. The van der Waals surface area contributed by atoms with E-state index in [1.807, 2.05) is 0 Å². The van der Waals surface area contributed by atoms with Crippen LogP contribution >= 0.6 is 0 Å². The molecular weight excluding hydrogens is 381 g/mol. The van der Waals surface area contributed by atoms with Crippen LogP contribution in [0.1, 0.15) is 17.9 Å². The first kappa shape index (κ1) is 19.3. The zero-order valence-electron chi connectivity index (χ0n) is 14.3. The van der Waals surface area contributed by atoms with Gasteiger partial charge in [0.05, 0.1) is 5.56 Å². The van der Waals surface area contributed by atoms with Crippen molar-refractivity contribution in [3.8, 4) is 11.6 Å². The minimum absolute atomic E-state index is 0.0788. The predicted octanol–water partition coefficient (Wildman–Crippen LogP) is 1.43. The summed E-state index contributed by atoms with van der Waals surface area (Å²) in [6.45, 7) is 0.210. The summed E-state index contributed by atoms with van der Waals surface area (Å²) in [7, 11) is 0. The van der Waals surface area contributed by atoms with Crippen molar-refractivity contribution in [3.63, 3.8) is 0 Å². The molecule has 0 aliphatic carbocycles. The number of aromatic nitrogens is 6. The lowest BCUT2D eigenvalue weighted by atomic mass is 10.2. The van der Waals surface area contributed by atoms with Crippen molar-refractivity contribution in [3.05, 3.63) is 36.1 Å². The van der Waals surface area contributed by atoms with E-state index in [2.05, 4.69) is 40.9 Å². The number of H-pyrrole nitrogens is 1. The molecule has 10 nitrogen and oxygen atoms in total. The number of pyridine rings is 1. The van der Waals surface area contributed by atoms with E-state index in [0.717, 1.165) is 6.07 Å². The van der Waals surface area contributed by atoms with Gasteiger partial charge in [0.15, 0.2) is 5.82 Å². The molecule has 0 aliphatic rings. The Kier molecular flexibility index (Phi) is 5.81. The highest BCUT2D eigenvalue weighted by Crippen LogP contribution is 2.33. The Hall–Kier alpha value is -3.51. The van der Waals surface area contributed by atoms with Crippen LogP contribution in [0.15, 0.2) is 29.2 Å². The van der Waals surface area contributed by atoms with Crippen LogP contribution in [0.4, 0.5) is 19.0 Å². The molecule has 0 aromatic carbocycles. The molecule has 0 unspecified atom stereocenters. The first-order chi connectivity index (χ1) is 13.4. The summed E-state index contributed by atoms with van der Waals surface area (Å²) in [5, 5.41) is 15.1. The van der Waals surface area contributed by atoms with Gasteiger partial charge in [-0.1, -0.05) is 5.16 Å². The molecule has 0 bridgehead atoms. The van der Waals surface area contributed by atoms with E-state index in [1.165, 1.54) is 18.6 Å². The average molecular weight is 396 g/mol. The fourth-order valence-corrected chi connectivity index (χ4v) is 2.23. The van der Waals surface area contributed by atoms with Gasteiger partial charge in [0.2, 0.25) is 17.6 Å². The number of aromatic amines is 1. The summed E-state index contributed by atoms with van der Waals surface area (Å²) in [6.07, 6.45) is -1.66. The molecule has 0 atom stereocenters. The maximum Gasteiger partial charge on any atom is 0.419 e. The van der Waals surface area contributed by atoms with Gasteiger partial charge in [-0.2, -0.15) is 23.3 Å². The van der Waals surface area contributed by atoms with Gasteiger partial charge >= 0.3 is 6.18 Å². The Morgan fingerprint density at radius 1 is 1.25 bits per heavy atom. The fourth-order valence-electron chi connectivity index (χ4n) is 2.23. The summed E-state index contributed by atoms with van der Waals surface area (Å²) in [5.41, 5.74) is -0.861. The lowest BCUT2D eigenvalue weighted by molar-refractivity contribution is -0.137. The van der Waals surface area contributed by atoms with Crippen molar-refractivity contribution >= 4 is 11.7 Å². The Labute approximate surface area is 156 Å². The molecule has 148 valence electrons. The highest BCUT2D eigenvalue weighted by atomic mass is 19.4. The fraction of sp³-hybridized carbons (Fsp3) is 0.333. The number of nitrogens with zero attached hydrogens (tertiary/aromatic N) is 5. The van der Waals surface area contributed by atoms with Crippen LogP contribution in [-0.2, 0) is 17.4 Å². The first-order valence-corrected chi connectivity index (χ1v) is 8.14. The Morgan fingerprint density at radius 3 is 2.86 bits per heavy atom. The molecular formula is C15H15F3N8O2. The number of hydrogen-bond donors (Lipinski definition) is 3. The van der Waals surface area contributed by atoms with E-state index in [1.54, 1.807) is 0 Å². The van der Waals surface area contributed by atoms with Crippen LogP contribution in [0.25, 0.3) is 11.6 Å². The maximum absolute atomic E-state index is 12.9. The van der Waals surface area contributed by atoms with E-state index in [9.17, 15) is 18.0 Å². The van der Waals surface area contributed by atoms with Crippen LogP contribution in [0, 0.1) is 0 Å². The van der Waals surface area contributed by atoms with Crippen molar-refractivity contribution in [1.29, 1.82) is 0 Å². The lowest BCUT2D eigenvalue weighted by Gasteiger charge is -2.13. The largest absolute Gasteiger partial charge is 0.419 e. The SMILES string of the molecule is O=C(CCc1nc(-c2ncn[nH]2)no1)NCCNc1ncccc1C(F)(F)F. The second kappa shape index (κ2) is 8.45. The van der Waals surface area contributed by atoms with Crippen LogP contribution in [-0.4, -0.2) is 49.3 Å². The molecule has 3 heterocycles. The van der Waals surface area contributed by atoms with Gasteiger partial charge in [0.25, 0.3) is 0 Å². The number of aryl methyl sites for hydroxylation is 1. The van der Waals surface area contributed by atoms with Gasteiger partial charge in [-0.15, -0.1) is 0 Å². The van der Waals surface area contributed by atoms with Crippen molar-refractivity contribution < 1.29 is 22.5 Å². The minimum atomic E-state index is -4.51. The summed E-state index contributed by atoms with van der Waals surface area (Å²) >= 11 is 0. The number of carbonyl (C=O) groups excluding carboxylic acids is 1. The normalized spacial score (nSPS) is 11.4. The van der Waals surface area contributed by atoms with Crippen molar-refractivity contribution in [2.45, 2.75) is 19.0 Å². The van der Waals surface area contributed by atoms with Gasteiger partial charge < -0.3 is 15.2 Å². The number of hydrogen-bond acceptors (Lipinski definition) is 8. The standard InChI is InChI=1S/C15H15F3N8O2/c16-15(17,18)9-2-1-5-20-12(9)21-7-6-19-10(27)3-4-11-24-14(26-28-11)13-22-8-23-25-13/h1-2,5,8H,3-4,6-7H2,(H,19,27)(H,20,21)(H,22,23,25). The van der Waals surface area contributed by atoms with Crippen LogP contribution in [0.2, 0.25) is 0 Å². The number of amides is 1. The number of rotatable bonds is 8. The maximum atomic E-state index is 12.9. The van der Waals surface area contributed by atoms with Gasteiger partial charge in [0.1, 0.15) is 12.1 Å². The van der Waals surface area contributed by atoms with Gasteiger partial charge in [-0.3, -0.25) is 9.89 Å². The van der Waals surface area contributed by atoms with Crippen LogP contribution in [0.3, 0.4) is 0 Å². The zero-order valence-corrected chi connectivity index (χ0v) is 14.3. The van der Waals surface area contributed by atoms with Crippen LogP contribution in [0.5, 0.6) is 0 Å². The van der Waals surface area contributed by atoms with E-state index >= 15 is 0 Å². The van der Waals surface area contributed by atoms with Crippen molar-refractivity contribution in [2.24, 2.45) is 0 Å². The number of nitrogens with one attached hydrogen (secondary N) is 3. The highest BCUT2D eigenvalue weighted by molar-refractivity contribution is 5.76.